The van der Waals surface area contributed by atoms with Gasteiger partial charge in [-0.15, -0.1) is 16.4 Å². The van der Waals surface area contributed by atoms with Crippen molar-refractivity contribution in [3.63, 3.8) is 0 Å². The Balaban J connectivity index is 2.08. The van der Waals surface area contributed by atoms with Gasteiger partial charge in [0.2, 0.25) is 0 Å². The van der Waals surface area contributed by atoms with Crippen LogP contribution >= 0.6 is 11.3 Å². The predicted octanol–water partition coefficient (Wildman–Crippen LogP) is 1.16. The Bertz CT molecular complexity index is 837. The number of rotatable bonds is 3. The van der Waals surface area contributed by atoms with Gasteiger partial charge < -0.3 is 10.6 Å². The zero-order chi connectivity index (χ0) is 14.8. The number of carbonyl (C=O) groups is 1. The first-order valence-corrected chi connectivity index (χ1v) is 6.76. The van der Waals surface area contributed by atoms with E-state index >= 15 is 0 Å². The van der Waals surface area contributed by atoms with Gasteiger partial charge in [-0.05, 0) is 12.1 Å². The Morgan fingerprint density at radius 3 is 2.95 bits per heavy atom. The minimum absolute atomic E-state index is 0.0149. The van der Waals surface area contributed by atoms with E-state index in [1.807, 2.05) is 6.07 Å². The van der Waals surface area contributed by atoms with Crippen LogP contribution in [0.15, 0.2) is 34.8 Å². The molecule has 106 valence electrons. The van der Waals surface area contributed by atoms with Crippen molar-refractivity contribution >= 4 is 39.1 Å². The summed E-state index contributed by atoms with van der Waals surface area (Å²) in [5.74, 6) is -0.490. The van der Waals surface area contributed by atoms with Crippen LogP contribution < -0.4 is 5.73 Å². The van der Waals surface area contributed by atoms with E-state index in [2.05, 4.69) is 20.5 Å². The second-order valence-corrected chi connectivity index (χ2v) is 4.88. The van der Waals surface area contributed by atoms with Gasteiger partial charge in [0.05, 0.1) is 5.52 Å². The number of thiazole rings is 1. The Hall–Kier alpha value is -2.81. The van der Waals surface area contributed by atoms with Gasteiger partial charge in [0.15, 0.2) is 10.8 Å². The van der Waals surface area contributed by atoms with Crippen LogP contribution in [-0.4, -0.2) is 38.7 Å². The number of nitrogens with two attached hydrogens (primary N) is 1. The van der Waals surface area contributed by atoms with Gasteiger partial charge in [-0.3, -0.25) is 4.79 Å². The maximum absolute atomic E-state index is 12.6. The monoisotopic (exact) mass is 302 g/mol. The second-order valence-electron chi connectivity index (χ2n) is 3.99. The van der Waals surface area contributed by atoms with Gasteiger partial charge >= 0.3 is 5.91 Å². The highest BCUT2D eigenvalue weighted by molar-refractivity contribution is 7.13. The molecule has 0 atom stereocenters. The molecule has 0 amide bonds. The van der Waals surface area contributed by atoms with Gasteiger partial charge in [0.1, 0.15) is 18.3 Å². The Kier molecular flexibility index (Phi) is 3.32. The van der Waals surface area contributed by atoms with E-state index in [9.17, 15) is 4.79 Å². The molecule has 0 fully saturated rings. The molecule has 0 saturated carbocycles. The zero-order valence-corrected chi connectivity index (χ0v) is 11.7. The first-order valence-electron chi connectivity index (χ1n) is 5.88. The molecule has 0 radical (unpaired) electrons. The van der Waals surface area contributed by atoms with Crippen LogP contribution in [0.2, 0.25) is 0 Å². The molecule has 8 nitrogen and oxygen atoms in total. The van der Waals surface area contributed by atoms with Crippen LogP contribution in [0.3, 0.4) is 0 Å². The predicted molar refractivity (Wildman–Crippen MR) is 78.2 cm³/mol. The average molecular weight is 302 g/mol. The quantitative estimate of drug-likeness (QED) is 0.574. The summed E-state index contributed by atoms with van der Waals surface area (Å²) in [6, 6.07) is 7.12. The summed E-state index contributed by atoms with van der Waals surface area (Å²) < 4.78 is 1.16. The molecule has 0 spiro atoms. The Morgan fingerprint density at radius 2 is 2.24 bits per heavy atom. The number of nitrogens with zero attached hydrogens (tertiary/aromatic N) is 5. The third-order valence-electron chi connectivity index (χ3n) is 2.69. The summed E-state index contributed by atoms with van der Waals surface area (Å²) in [7, 11) is 1.35. The number of aromatic nitrogens is 4. The molecule has 2 N–H and O–H groups in total. The molecule has 0 aliphatic heterocycles. The van der Waals surface area contributed by atoms with Gasteiger partial charge in [-0.1, -0.05) is 22.5 Å². The van der Waals surface area contributed by atoms with E-state index in [0.29, 0.717) is 21.9 Å². The lowest BCUT2D eigenvalue weighted by Gasteiger charge is -2.02. The minimum atomic E-state index is -0.490. The average Bonchev–Trinajstić information content (AvgIpc) is 3.10. The molecule has 2 heterocycles. The number of para-hydroxylation sites is 1. The molecule has 3 rings (SSSR count). The van der Waals surface area contributed by atoms with Crippen molar-refractivity contribution in [2.24, 2.45) is 5.16 Å². The number of benzene rings is 1. The van der Waals surface area contributed by atoms with Gasteiger partial charge in [0.25, 0.3) is 0 Å². The largest absolute Gasteiger partial charge is 0.398 e. The van der Waals surface area contributed by atoms with Crippen LogP contribution in [0.4, 0.5) is 5.13 Å². The second kappa shape index (κ2) is 5.29. The summed E-state index contributed by atoms with van der Waals surface area (Å²) in [5.41, 5.74) is 7.13. The Labute approximate surface area is 122 Å². The lowest BCUT2D eigenvalue weighted by molar-refractivity contribution is 0.0971. The molecule has 9 heteroatoms. The van der Waals surface area contributed by atoms with E-state index in [1.165, 1.54) is 18.4 Å². The van der Waals surface area contributed by atoms with Crippen LogP contribution in [0.25, 0.3) is 11.0 Å². The fraction of sp³-hybridized carbons (Fsp3) is 0.0833. The highest BCUT2D eigenvalue weighted by Crippen LogP contribution is 2.15. The van der Waals surface area contributed by atoms with E-state index < -0.39 is 5.91 Å². The molecule has 1 aromatic carbocycles. The summed E-state index contributed by atoms with van der Waals surface area (Å²) in [4.78, 5) is 21.4. The topological polar surface area (TPSA) is 108 Å². The van der Waals surface area contributed by atoms with Crippen molar-refractivity contribution in [1.29, 1.82) is 0 Å². The molecule has 3 aromatic rings. The fourth-order valence-corrected chi connectivity index (χ4v) is 2.35. The van der Waals surface area contributed by atoms with Crippen LogP contribution in [0.1, 0.15) is 10.5 Å². The minimum Gasteiger partial charge on any atom is -0.398 e. The maximum atomic E-state index is 12.6. The van der Waals surface area contributed by atoms with Gasteiger partial charge in [0, 0.05) is 5.38 Å². The number of nitrogen functional groups attached to an aromatic ring is 1. The number of hydrogen-bond donors (Lipinski definition) is 1. The SMILES string of the molecule is CO/N=C(\C(=O)n1nnc2ccccc21)c1csc(N)n1. The van der Waals surface area contributed by atoms with E-state index in [-0.39, 0.29) is 5.71 Å². The Morgan fingerprint density at radius 1 is 1.43 bits per heavy atom. The fourth-order valence-electron chi connectivity index (χ4n) is 1.80. The third-order valence-corrected chi connectivity index (χ3v) is 3.37. The van der Waals surface area contributed by atoms with E-state index in [1.54, 1.807) is 23.6 Å². The zero-order valence-electron chi connectivity index (χ0n) is 10.9. The molecule has 2 aromatic heterocycles. The highest BCUT2D eigenvalue weighted by Gasteiger charge is 2.22. The summed E-state index contributed by atoms with van der Waals surface area (Å²) >= 11 is 1.21. The van der Waals surface area contributed by atoms with Crippen molar-refractivity contribution < 1.29 is 9.63 Å². The van der Waals surface area contributed by atoms with Crippen molar-refractivity contribution in [2.75, 3.05) is 12.8 Å². The standard InChI is InChI=1S/C12H10N6O2S/c1-20-16-10(8-6-21-12(13)14-8)11(19)18-9-5-3-2-4-7(9)15-17-18/h2-6H,1H3,(H2,13,14)/b16-10-. The van der Waals surface area contributed by atoms with Crippen molar-refractivity contribution in [3.05, 3.63) is 35.3 Å². The van der Waals surface area contributed by atoms with E-state index in [0.717, 1.165) is 4.68 Å². The molecule has 0 unspecified atom stereocenters. The lowest BCUT2D eigenvalue weighted by atomic mass is 10.2. The van der Waals surface area contributed by atoms with Crippen LogP contribution in [0.5, 0.6) is 0 Å². The first kappa shape index (κ1) is 13.2. The smallest absolute Gasteiger partial charge is 0.304 e. The third kappa shape index (κ3) is 2.34. The first-order chi connectivity index (χ1) is 10.2. The molecular weight excluding hydrogens is 292 g/mol. The van der Waals surface area contributed by atoms with Gasteiger partial charge in [-0.25, -0.2) is 4.98 Å². The van der Waals surface area contributed by atoms with Crippen molar-refractivity contribution in [1.82, 2.24) is 20.0 Å². The molecule has 0 saturated heterocycles. The lowest BCUT2D eigenvalue weighted by Crippen LogP contribution is -2.24. The summed E-state index contributed by atoms with van der Waals surface area (Å²) in [5, 5.41) is 13.5. The molecule has 0 aliphatic rings. The number of oxime groups is 1. The number of hydrogen-bond acceptors (Lipinski definition) is 8. The number of carbonyl (C=O) groups excluding carboxylic acids is 1. The maximum Gasteiger partial charge on any atom is 0.304 e. The molecule has 0 aliphatic carbocycles. The normalized spacial score (nSPS) is 11.8. The number of fused-ring (bicyclic) bond motifs is 1. The van der Waals surface area contributed by atoms with Crippen molar-refractivity contribution in [2.45, 2.75) is 0 Å². The van der Waals surface area contributed by atoms with Crippen LogP contribution in [0, 0.1) is 0 Å². The highest BCUT2D eigenvalue weighted by atomic mass is 32.1. The van der Waals surface area contributed by atoms with Crippen molar-refractivity contribution in [3.8, 4) is 0 Å². The summed E-state index contributed by atoms with van der Waals surface area (Å²) in [6.07, 6.45) is 0. The van der Waals surface area contributed by atoms with Crippen LogP contribution in [-0.2, 0) is 4.84 Å². The summed E-state index contributed by atoms with van der Waals surface area (Å²) in [6.45, 7) is 0. The van der Waals surface area contributed by atoms with E-state index in [4.69, 9.17) is 10.6 Å². The molecule has 21 heavy (non-hydrogen) atoms. The molecular formula is C12H10N6O2S. The molecule has 0 bridgehead atoms. The van der Waals surface area contributed by atoms with Gasteiger partial charge in [-0.2, -0.15) is 4.68 Å². The number of anilines is 1.